The first-order valence-corrected chi connectivity index (χ1v) is 8.58. The van der Waals surface area contributed by atoms with Gasteiger partial charge in [-0.3, -0.25) is 0 Å². The van der Waals surface area contributed by atoms with Crippen molar-refractivity contribution in [1.29, 1.82) is 0 Å². The summed E-state index contributed by atoms with van der Waals surface area (Å²) in [6.45, 7) is 1.94. The number of fused-ring (bicyclic) bond motifs is 1. The Hall–Kier alpha value is -3.66. The maximum Gasteiger partial charge on any atom is 0.362 e. The number of aliphatic hydroxyl groups is 1. The van der Waals surface area contributed by atoms with Gasteiger partial charge in [0.05, 0.1) is 0 Å². The molecule has 4 rings (SSSR count). The van der Waals surface area contributed by atoms with E-state index in [1.807, 2.05) is 61.5 Å². The van der Waals surface area contributed by atoms with Crippen LogP contribution in [-0.4, -0.2) is 10.1 Å². The summed E-state index contributed by atoms with van der Waals surface area (Å²) < 4.78 is 5.29. The molecular formula is C23H17NO3. The predicted molar refractivity (Wildman–Crippen MR) is 107 cm³/mol. The van der Waals surface area contributed by atoms with Crippen LogP contribution in [0.3, 0.4) is 0 Å². The van der Waals surface area contributed by atoms with E-state index in [-0.39, 0.29) is 11.5 Å². The van der Waals surface area contributed by atoms with Crippen molar-refractivity contribution in [3.63, 3.8) is 0 Å². The van der Waals surface area contributed by atoms with Crippen LogP contribution in [0.25, 0.3) is 34.1 Å². The van der Waals surface area contributed by atoms with Crippen LogP contribution in [0.5, 0.6) is 0 Å². The number of aryl methyl sites for hydroxylation is 1. The molecule has 0 saturated carbocycles. The van der Waals surface area contributed by atoms with Crippen LogP contribution in [0.4, 0.5) is 0 Å². The summed E-state index contributed by atoms with van der Waals surface area (Å²) in [5.74, 6) is -0.0404. The van der Waals surface area contributed by atoms with Gasteiger partial charge in [0, 0.05) is 11.6 Å². The summed E-state index contributed by atoms with van der Waals surface area (Å²) in [6.07, 6.45) is 1.34. The Labute approximate surface area is 156 Å². The molecule has 1 aromatic heterocycles. The molecule has 1 N–H and O–H groups in total. The highest BCUT2D eigenvalue weighted by Gasteiger charge is 2.08. The molecule has 3 aromatic carbocycles. The van der Waals surface area contributed by atoms with Crippen LogP contribution in [0.15, 0.2) is 82.0 Å². The van der Waals surface area contributed by atoms with Crippen molar-refractivity contribution in [2.24, 2.45) is 0 Å². The van der Waals surface area contributed by atoms with Crippen molar-refractivity contribution in [2.75, 3.05) is 0 Å². The summed E-state index contributed by atoms with van der Waals surface area (Å²) >= 11 is 0. The summed E-state index contributed by atoms with van der Waals surface area (Å²) in [7, 11) is 0. The highest BCUT2D eigenvalue weighted by molar-refractivity contribution is 5.79. The molecule has 0 atom stereocenters. The van der Waals surface area contributed by atoms with Crippen molar-refractivity contribution in [2.45, 2.75) is 6.92 Å². The minimum Gasteiger partial charge on any atom is -0.507 e. The van der Waals surface area contributed by atoms with Gasteiger partial charge in [-0.25, -0.2) is 9.78 Å². The van der Waals surface area contributed by atoms with Gasteiger partial charge in [0.15, 0.2) is 11.3 Å². The maximum atomic E-state index is 12.1. The van der Waals surface area contributed by atoms with Gasteiger partial charge >= 0.3 is 5.63 Å². The zero-order valence-electron chi connectivity index (χ0n) is 14.7. The Balaban J connectivity index is 1.69. The lowest BCUT2D eigenvalue weighted by atomic mass is 10.0. The van der Waals surface area contributed by atoms with Gasteiger partial charge in [0.25, 0.3) is 0 Å². The lowest BCUT2D eigenvalue weighted by molar-refractivity contribution is 0.514. The van der Waals surface area contributed by atoms with Crippen LogP contribution in [-0.2, 0) is 0 Å². The first kappa shape index (κ1) is 16.8. The number of nitrogens with zero attached hydrogens (tertiary/aromatic N) is 1. The van der Waals surface area contributed by atoms with E-state index in [0.29, 0.717) is 16.7 Å². The van der Waals surface area contributed by atoms with Gasteiger partial charge in [-0.15, -0.1) is 0 Å². The number of benzene rings is 3. The Morgan fingerprint density at radius 2 is 1.67 bits per heavy atom. The molecule has 0 fully saturated rings. The Kier molecular flexibility index (Phi) is 4.30. The smallest absolute Gasteiger partial charge is 0.362 e. The molecule has 4 aromatic rings. The minimum absolute atomic E-state index is 0.0404. The van der Waals surface area contributed by atoms with Crippen molar-refractivity contribution in [3.05, 3.63) is 100 Å². The van der Waals surface area contributed by atoms with Gasteiger partial charge in [-0.1, -0.05) is 60.7 Å². The summed E-state index contributed by atoms with van der Waals surface area (Å²) in [4.78, 5) is 16.5. The average Bonchev–Trinajstić information content (AvgIpc) is 2.69. The van der Waals surface area contributed by atoms with Crippen molar-refractivity contribution >= 4 is 22.9 Å². The van der Waals surface area contributed by atoms with E-state index in [1.54, 1.807) is 18.2 Å². The van der Waals surface area contributed by atoms with Crippen LogP contribution in [0.2, 0.25) is 0 Å². The molecule has 0 saturated heterocycles. The molecule has 1 heterocycles. The molecule has 0 bridgehead atoms. The molecule has 4 heteroatoms. The Morgan fingerprint density at radius 3 is 2.41 bits per heavy atom. The lowest BCUT2D eigenvalue weighted by Gasteiger charge is -2.04. The molecular weight excluding hydrogens is 338 g/mol. The number of rotatable bonds is 3. The Bertz CT molecular complexity index is 1190. The predicted octanol–water partition coefficient (Wildman–Crippen LogP) is 5.22. The third-order valence-electron chi connectivity index (χ3n) is 4.33. The molecule has 0 unspecified atom stereocenters. The normalized spacial score (nSPS) is 11.7. The number of aliphatic hydroxyl groups excluding tert-OH is 1. The van der Waals surface area contributed by atoms with Gasteiger partial charge in [-0.05, 0) is 35.7 Å². The second-order valence-electron chi connectivity index (χ2n) is 6.33. The van der Waals surface area contributed by atoms with Crippen LogP contribution in [0.1, 0.15) is 16.8 Å². The van der Waals surface area contributed by atoms with E-state index < -0.39 is 5.63 Å². The van der Waals surface area contributed by atoms with E-state index in [4.69, 9.17) is 4.42 Å². The largest absolute Gasteiger partial charge is 0.507 e. The van der Waals surface area contributed by atoms with Gasteiger partial charge in [0.1, 0.15) is 11.3 Å². The minimum atomic E-state index is -0.584. The lowest BCUT2D eigenvalue weighted by Crippen LogP contribution is -2.06. The van der Waals surface area contributed by atoms with E-state index in [9.17, 15) is 9.90 Å². The summed E-state index contributed by atoms with van der Waals surface area (Å²) in [6, 6.07) is 22.8. The molecule has 4 nitrogen and oxygen atoms in total. The van der Waals surface area contributed by atoms with E-state index in [2.05, 4.69) is 4.98 Å². The topological polar surface area (TPSA) is 63.3 Å². The van der Waals surface area contributed by atoms with E-state index >= 15 is 0 Å². The highest BCUT2D eigenvalue weighted by Crippen LogP contribution is 2.22. The van der Waals surface area contributed by atoms with Crippen molar-refractivity contribution in [3.8, 4) is 11.1 Å². The van der Waals surface area contributed by atoms with Gasteiger partial charge < -0.3 is 9.52 Å². The zero-order chi connectivity index (χ0) is 18.8. The molecule has 0 amide bonds. The second kappa shape index (κ2) is 6.92. The fraction of sp³-hybridized carbons (Fsp3) is 0.0435. The van der Waals surface area contributed by atoms with Crippen molar-refractivity contribution < 1.29 is 9.52 Å². The van der Waals surface area contributed by atoms with Crippen LogP contribution >= 0.6 is 0 Å². The van der Waals surface area contributed by atoms with E-state index in [1.165, 1.54) is 6.08 Å². The average molecular weight is 355 g/mol. The first-order chi connectivity index (χ1) is 13.1. The van der Waals surface area contributed by atoms with E-state index in [0.717, 1.165) is 16.7 Å². The molecule has 0 spiro atoms. The molecule has 132 valence electrons. The summed E-state index contributed by atoms with van der Waals surface area (Å²) in [5.41, 5.74) is 4.24. The number of hydrogen-bond acceptors (Lipinski definition) is 4. The second-order valence-corrected chi connectivity index (χ2v) is 6.33. The Morgan fingerprint density at radius 1 is 0.963 bits per heavy atom. The fourth-order valence-electron chi connectivity index (χ4n) is 2.90. The van der Waals surface area contributed by atoms with Crippen LogP contribution in [0, 0.1) is 6.92 Å². The van der Waals surface area contributed by atoms with Gasteiger partial charge in [0.2, 0.25) is 0 Å². The standard InChI is InChI=1S/C23H17NO3/c1-15-7-12-22-19(13-15)24-20(23(26)27-22)14-21(25)18-10-8-17(9-11-18)16-5-3-2-4-6-16/h2-14,25H,1H3/b21-14-. The zero-order valence-corrected chi connectivity index (χ0v) is 14.7. The third kappa shape index (κ3) is 3.51. The molecule has 0 radical (unpaired) electrons. The van der Waals surface area contributed by atoms with Crippen LogP contribution < -0.4 is 5.63 Å². The molecule has 0 aliphatic heterocycles. The monoisotopic (exact) mass is 355 g/mol. The maximum absolute atomic E-state index is 12.1. The molecule has 0 aliphatic rings. The fourth-order valence-corrected chi connectivity index (χ4v) is 2.90. The van der Waals surface area contributed by atoms with Gasteiger partial charge in [-0.2, -0.15) is 0 Å². The third-order valence-corrected chi connectivity index (χ3v) is 4.33. The SMILES string of the molecule is Cc1ccc2oc(=O)c(/C=C(\O)c3ccc(-c4ccccc4)cc3)nc2c1. The molecule has 27 heavy (non-hydrogen) atoms. The molecule has 0 aliphatic carbocycles. The summed E-state index contributed by atoms with van der Waals surface area (Å²) in [5, 5.41) is 10.4. The number of hydrogen-bond donors (Lipinski definition) is 1. The number of aromatic nitrogens is 1. The highest BCUT2D eigenvalue weighted by atomic mass is 16.4. The van der Waals surface area contributed by atoms with Crippen molar-refractivity contribution in [1.82, 2.24) is 4.98 Å². The quantitative estimate of drug-likeness (QED) is 0.512. The first-order valence-electron chi connectivity index (χ1n) is 8.58.